The van der Waals surface area contributed by atoms with Gasteiger partial charge >= 0.3 is 5.97 Å². The third kappa shape index (κ3) is 2.46. The lowest BCUT2D eigenvalue weighted by Crippen LogP contribution is -2.18. The molecule has 1 amide bonds. The summed E-state index contributed by atoms with van der Waals surface area (Å²) in [5, 5.41) is 3.88. The Balaban J connectivity index is 1.84. The number of methoxy groups -OCH3 is 1. The predicted molar refractivity (Wildman–Crippen MR) is 81.5 cm³/mol. The van der Waals surface area contributed by atoms with Crippen LogP contribution >= 0.6 is 11.3 Å². The predicted octanol–water partition coefficient (Wildman–Crippen LogP) is 1.82. The van der Waals surface area contributed by atoms with Crippen molar-refractivity contribution in [1.29, 1.82) is 0 Å². The maximum absolute atomic E-state index is 11.9. The Labute approximate surface area is 126 Å². The highest BCUT2D eigenvalue weighted by molar-refractivity contribution is 7.19. The second kappa shape index (κ2) is 4.91. The van der Waals surface area contributed by atoms with Crippen LogP contribution in [0.1, 0.15) is 45.7 Å². The summed E-state index contributed by atoms with van der Waals surface area (Å²) < 4.78 is 4.75. The molecule has 21 heavy (non-hydrogen) atoms. The quantitative estimate of drug-likeness (QED) is 0.695. The molecule has 3 rings (SSSR count). The molecule has 0 spiro atoms. The number of nitrogen functional groups attached to an aromatic ring is 1. The van der Waals surface area contributed by atoms with E-state index in [1.54, 1.807) is 0 Å². The van der Waals surface area contributed by atoms with Crippen LogP contribution in [0.5, 0.6) is 0 Å². The van der Waals surface area contributed by atoms with E-state index in [1.807, 2.05) is 0 Å². The fourth-order valence-electron chi connectivity index (χ4n) is 2.90. The first kappa shape index (κ1) is 14.2. The molecule has 1 aromatic rings. The fourth-order valence-corrected chi connectivity index (χ4v) is 3.85. The van der Waals surface area contributed by atoms with Crippen molar-refractivity contribution in [2.75, 3.05) is 24.7 Å². The molecule has 7 heteroatoms. The minimum atomic E-state index is -0.626. The number of carbonyl (C=O) groups is 2. The van der Waals surface area contributed by atoms with Gasteiger partial charge in [-0.3, -0.25) is 4.79 Å². The standard InChI is InChI=1S/C14H19N3O3S/c1-20-13(19)8-9(15)10(11(16)18)21-12(8)17-6-14(4-5-14)7-2-3-7/h7,17H,2-6,15H2,1H3,(H2,16,18). The average Bonchev–Trinajstić information content (AvgIpc) is 3.33. The molecular weight excluding hydrogens is 290 g/mol. The van der Waals surface area contributed by atoms with Crippen molar-refractivity contribution in [3.63, 3.8) is 0 Å². The summed E-state index contributed by atoms with van der Waals surface area (Å²) in [5.74, 6) is -0.367. The third-order valence-electron chi connectivity index (χ3n) is 4.50. The van der Waals surface area contributed by atoms with E-state index in [9.17, 15) is 9.59 Å². The number of thiophene rings is 1. The van der Waals surface area contributed by atoms with Gasteiger partial charge in [-0.1, -0.05) is 0 Å². The van der Waals surface area contributed by atoms with Gasteiger partial charge in [0.25, 0.3) is 5.91 Å². The summed E-state index contributed by atoms with van der Waals surface area (Å²) >= 11 is 1.13. The van der Waals surface area contributed by atoms with Crippen molar-refractivity contribution in [2.45, 2.75) is 25.7 Å². The van der Waals surface area contributed by atoms with Crippen LogP contribution in [-0.4, -0.2) is 25.5 Å². The molecule has 6 nitrogen and oxygen atoms in total. The molecule has 1 aromatic heterocycles. The number of amides is 1. The smallest absolute Gasteiger partial charge is 0.343 e. The van der Waals surface area contributed by atoms with Crippen LogP contribution in [0.25, 0.3) is 0 Å². The first-order valence-electron chi connectivity index (χ1n) is 7.03. The highest BCUT2D eigenvalue weighted by Crippen LogP contribution is 2.61. The second-order valence-corrected chi connectivity index (χ2v) is 6.92. The molecule has 2 saturated carbocycles. The number of primary amides is 1. The first-order valence-corrected chi connectivity index (χ1v) is 7.84. The zero-order valence-corrected chi connectivity index (χ0v) is 12.7. The van der Waals surface area contributed by atoms with Crippen LogP contribution in [0, 0.1) is 11.3 Å². The second-order valence-electron chi connectivity index (χ2n) is 5.90. The molecule has 1 heterocycles. The average molecular weight is 309 g/mol. The molecule has 0 bridgehead atoms. The van der Waals surface area contributed by atoms with Gasteiger partial charge in [-0.15, -0.1) is 11.3 Å². The maximum Gasteiger partial charge on any atom is 0.343 e. The third-order valence-corrected chi connectivity index (χ3v) is 5.67. The molecule has 2 aliphatic rings. The van der Waals surface area contributed by atoms with E-state index in [0.717, 1.165) is 23.8 Å². The normalized spacial score (nSPS) is 19.1. The lowest BCUT2D eigenvalue weighted by Gasteiger charge is -2.15. The number of anilines is 2. The summed E-state index contributed by atoms with van der Waals surface area (Å²) in [7, 11) is 1.29. The van der Waals surface area contributed by atoms with Gasteiger partial charge in [0.1, 0.15) is 15.4 Å². The van der Waals surface area contributed by atoms with Gasteiger partial charge < -0.3 is 21.5 Å². The number of carbonyl (C=O) groups excluding carboxylic acids is 2. The van der Waals surface area contributed by atoms with Crippen molar-refractivity contribution in [3.8, 4) is 0 Å². The van der Waals surface area contributed by atoms with Gasteiger partial charge in [0.15, 0.2) is 0 Å². The summed E-state index contributed by atoms with van der Waals surface area (Å²) in [4.78, 5) is 23.5. The van der Waals surface area contributed by atoms with Crippen LogP contribution in [0.4, 0.5) is 10.7 Å². The van der Waals surface area contributed by atoms with Crippen LogP contribution in [0.2, 0.25) is 0 Å². The molecule has 0 saturated heterocycles. The van der Waals surface area contributed by atoms with E-state index in [2.05, 4.69) is 5.32 Å². The molecule has 0 atom stereocenters. The monoisotopic (exact) mass is 309 g/mol. The lowest BCUT2D eigenvalue weighted by molar-refractivity contribution is 0.0603. The highest BCUT2D eigenvalue weighted by Gasteiger charge is 2.53. The Kier molecular flexibility index (Phi) is 3.32. The molecule has 0 aromatic carbocycles. The van der Waals surface area contributed by atoms with Crippen LogP contribution in [0.15, 0.2) is 0 Å². The highest BCUT2D eigenvalue weighted by atomic mass is 32.1. The van der Waals surface area contributed by atoms with Crippen LogP contribution in [0.3, 0.4) is 0 Å². The summed E-state index contributed by atoms with van der Waals surface area (Å²) in [6.07, 6.45) is 5.04. The molecule has 0 radical (unpaired) electrons. The largest absolute Gasteiger partial charge is 0.465 e. The number of esters is 1. The van der Waals surface area contributed by atoms with Crippen LogP contribution < -0.4 is 16.8 Å². The Hall–Kier alpha value is -1.76. The molecule has 2 fully saturated rings. The molecular formula is C14H19N3O3S. The van der Waals surface area contributed by atoms with Crippen molar-refractivity contribution in [1.82, 2.24) is 0 Å². The van der Waals surface area contributed by atoms with E-state index in [4.69, 9.17) is 16.2 Å². The maximum atomic E-state index is 11.9. The lowest BCUT2D eigenvalue weighted by atomic mass is 10.0. The fraction of sp³-hybridized carbons (Fsp3) is 0.571. The Morgan fingerprint density at radius 2 is 2.10 bits per heavy atom. The number of nitrogens with two attached hydrogens (primary N) is 2. The van der Waals surface area contributed by atoms with Gasteiger partial charge in [-0.05, 0) is 37.0 Å². The number of rotatable bonds is 6. The van der Waals surface area contributed by atoms with Crippen molar-refractivity contribution < 1.29 is 14.3 Å². The molecule has 2 aliphatic carbocycles. The Morgan fingerprint density at radius 1 is 1.43 bits per heavy atom. The number of ether oxygens (including phenoxy) is 1. The van der Waals surface area contributed by atoms with Gasteiger partial charge in [0, 0.05) is 6.54 Å². The van der Waals surface area contributed by atoms with E-state index >= 15 is 0 Å². The van der Waals surface area contributed by atoms with Crippen molar-refractivity contribution >= 4 is 33.9 Å². The zero-order valence-electron chi connectivity index (χ0n) is 11.9. The summed E-state index contributed by atoms with van der Waals surface area (Å²) in [6.45, 7) is 0.805. The summed E-state index contributed by atoms with van der Waals surface area (Å²) in [6, 6.07) is 0. The Bertz CT molecular complexity index is 603. The van der Waals surface area contributed by atoms with E-state index in [-0.39, 0.29) is 16.1 Å². The number of hydrogen-bond acceptors (Lipinski definition) is 6. The van der Waals surface area contributed by atoms with Crippen molar-refractivity contribution in [2.24, 2.45) is 17.1 Å². The van der Waals surface area contributed by atoms with Crippen molar-refractivity contribution in [3.05, 3.63) is 10.4 Å². The molecule has 114 valence electrons. The topological polar surface area (TPSA) is 107 Å². The minimum Gasteiger partial charge on any atom is -0.465 e. The van der Waals surface area contributed by atoms with E-state index < -0.39 is 11.9 Å². The van der Waals surface area contributed by atoms with Gasteiger partial charge in [0.05, 0.1) is 12.8 Å². The number of hydrogen-bond donors (Lipinski definition) is 3. The van der Waals surface area contributed by atoms with Gasteiger partial charge in [-0.25, -0.2) is 4.79 Å². The molecule has 5 N–H and O–H groups in total. The zero-order chi connectivity index (χ0) is 15.2. The minimum absolute atomic E-state index is 0.109. The first-order chi connectivity index (χ1) is 9.98. The SMILES string of the molecule is COC(=O)c1c(NCC2(C3CC3)CC2)sc(C(N)=O)c1N. The molecule has 0 aliphatic heterocycles. The number of nitrogens with one attached hydrogen (secondary N) is 1. The van der Waals surface area contributed by atoms with Gasteiger partial charge in [0.2, 0.25) is 0 Å². The summed E-state index contributed by atoms with van der Waals surface area (Å²) in [5.41, 5.74) is 11.9. The van der Waals surface area contributed by atoms with E-state index in [0.29, 0.717) is 10.4 Å². The van der Waals surface area contributed by atoms with Gasteiger partial charge in [-0.2, -0.15) is 0 Å². The van der Waals surface area contributed by atoms with Crippen LogP contribution in [-0.2, 0) is 4.74 Å². The molecule has 0 unspecified atom stereocenters. The Morgan fingerprint density at radius 3 is 2.57 bits per heavy atom. The van der Waals surface area contributed by atoms with E-state index in [1.165, 1.54) is 32.8 Å².